The first-order chi connectivity index (χ1) is 19.7. The first kappa shape index (κ1) is 36.1. The smallest absolute Gasteiger partial charge is 0.396 e. The van der Waals surface area contributed by atoms with Crippen LogP contribution in [-0.4, -0.2) is 71.2 Å². The van der Waals surface area contributed by atoms with Crippen molar-refractivity contribution in [2.75, 3.05) is 7.11 Å². The lowest BCUT2D eigenvalue weighted by Gasteiger charge is -2.45. The summed E-state index contributed by atoms with van der Waals surface area (Å²) >= 11 is 0. The topological polar surface area (TPSA) is 170 Å². The average Bonchev–Trinajstić information content (AvgIpc) is 3.29. The molecule has 2 aliphatic rings. The van der Waals surface area contributed by atoms with Crippen molar-refractivity contribution in [2.45, 2.75) is 109 Å². The minimum atomic E-state index is -4.53. The summed E-state index contributed by atoms with van der Waals surface area (Å²) in [5.41, 5.74) is -3.68. The van der Waals surface area contributed by atoms with Crippen LogP contribution in [0.15, 0.2) is 26.9 Å². The number of carbonyl (C=O) groups excluding carboxylic acids is 2. The first-order valence-electron chi connectivity index (χ1n) is 14.1. The Morgan fingerprint density at radius 1 is 1.00 bits per heavy atom. The Morgan fingerprint density at radius 2 is 1.52 bits per heavy atom. The maximum absolute atomic E-state index is 13.6. The highest BCUT2D eigenvalue weighted by Gasteiger charge is 2.70. The molecule has 14 nitrogen and oxygen atoms in total. The van der Waals surface area contributed by atoms with E-state index in [1.54, 1.807) is 0 Å². The van der Waals surface area contributed by atoms with Crippen LogP contribution in [0.5, 0.6) is 0 Å². The molecule has 1 spiro atoms. The van der Waals surface area contributed by atoms with Gasteiger partial charge in [0.25, 0.3) is 15.7 Å². The Morgan fingerprint density at radius 3 is 2.02 bits per heavy atom. The Labute approximate surface area is 260 Å². The maximum atomic E-state index is 13.6. The second-order valence-electron chi connectivity index (χ2n) is 14.2. The molecule has 1 amide bonds. The van der Waals surface area contributed by atoms with Gasteiger partial charge in [0.15, 0.2) is 29.2 Å². The van der Waals surface area contributed by atoms with Gasteiger partial charge >= 0.3 is 17.6 Å². The van der Waals surface area contributed by atoms with Crippen molar-refractivity contribution in [3.63, 3.8) is 0 Å². The molecule has 1 aromatic rings. The van der Waals surface area contributed by atoms with Crippen LogP contribution >= 0.6 is 0 Å². The van der Waals surface area contributed by atoms with E-state index in [1.807, 2.05) is 67.7 Å². The molecule has 0 saturated carbocycles. The lowest BCUT2D eigenvalue weighted by atomic mass is 9.93. The molecule has 3 rings (SSSR count). The lowest BCUT2D eigenvalue weighted by Crippen LogP contribution is -2.61. The van der Waals surface area contributed by atoms with Crippen molar-refractivity contribution in [2.24, 2.45) is 7.05 Å². The van der Waals surface area contributed by atoms with Gasteiger partial charge in [0.1, 0.15) is 6.10 Å². The molecule has 0 unspecified atom stereocenters. The highest BCUT2D eigenvalue weighted by Crippen LogP contribution is 2.54. The summed E-state index contributed by atoms with van der Waals surface area (Å²) in [4.78, 5) is 51.2. The quantitative estimate of drug-likeness (QED) is 0.203. The van der Waals surface area contributed by atoms with E-state index in [0.29, 0.717) is 5.41 Å². The van der Waals surface area contributed by atoms with Gasteiger partial charge in [-0.3, -0.25) is 18.7 Å². The van der Waals surface area contributed by atoms with Crippen LogP contribution in [0.25, 0.3) is 0 Å². The molecule has 4 atom stereocenters. The number of rotatable bonds is 6. The van der Waals surface area contributed by atoms with Gasteiger partial charge < -0.3 is 23.6 Å². The fourth-order valence-electron chi connectivity index (χ4n) is 4.34. The van der Waals surface area contributed by atoms with E-state index in [-0.39, 0.29) is 11.3 Å². The standard InChI is InChI=1S/C27H45N3O11SSi2/c1-16-14-30(24(34)29(8)20(16)32)21-18(39-43(10,11)25(2,3)4)27(23(38-21)40-44(12,13)26(5,6)7)17(15-42(35,36)41-27)28-19(31)22(33)37-9/h14-15,18,21,23H,1-13H3,(H,28,31)/t18-,21+,23+,27-/m0/s1. The van der Waals surface area contributed by atoms with Gasteiger partial charge in [-0.1, -0.05) is 41.5 Å². The Hall–Kier alpha value is -2.42. The fraction of sp³-hybridized carbons (Fsp3) is 0.704. The highest BCUT2D eigenvalue weighted by atomic mass is 32.2. The number of carbonyl (C=O) groups is 2. The number of nitrogens with one attached hydrogen (secondary N) is 1. The number of amides is 1. The summed E-state index contributed by atoms with van der Waals surface area (Å²) in [7, 11) is -7.92. The summed E-state index contributed by atoms with van der Waals surface area (Å²) in [5.74, 6) is -2.55. The fourth-order valence-corrected chi connectivity index (χ4v) is 7.97. The van der Waals surface area contributed by atoms with Crippen LogP contribution < -0.4 is 16.6 Å². The van der Waals surface area contributed by atoms with E-state index < -0.39 is 84.2 Å². The number of hydrogen-bond acceptors (Lipinski definition) is 11. The van der Waals surface area contributed by atoms with Gasteiger partial charge in [-0.25, -0.2) is 13.8 Å². The van der Waals surface area contributed by atoms with E-state index >= 15 is 0 Å². The van der Waals surface area contributed by atoms with Gasteiger partial charge in [0, 0.05) is 18.8 Å². The molecule has 0 radical (unpaired) electrons. The highest BCUT2D eigenvalue weighted by molar-refractivity contribution is 7.90. The molecular weight excluding hydrogens is 631 g/mol. The number of nitrogens with zero attached hydrogens (tertiary/aromatic N) is 2. The second-order valence-corrected chi connectivity index (χ2v) is 25.1. The number of hydrogen-bond donors (Lipinski definition) is 1. The normalized spacial score (nSPS) is 25.7. The zero-order valence-corrected chi connectivity index (χ0v) is 30.5. The van der Waals surface area contributed by atoms with E-state index in [0.717, 1.165) is 16.2 Å². The number of aromatic nitrogens is 2. The van der Waals surface area contributed by atoms with Crippen molar-refractivity contribution in [3.8, 4) is 0 Å². The van der Waals surface area contributed by atoms with Gasteiger partial charge in [-0.2, -0.15) is 8.42 Å². The largest absolute Gasteiger partial charge is 0.462 e. The summed E-state index contributed by atoms with van der Waals surface area (Å²) < 4.78 is 59.0. The average molecular weight is 676 g/mol. The second kappa shape index (κ2) is 11.4. The van der Waals surface area contributed by atoms with E-state index in [9.17, 15) is 27.6 Å². The monoisotopic (exact) mass is 675 g/mol. The third-order valence-corrected chi connectivity index (χ3v) is 18.9. The predicted octanol–water partition coefficient (Wildman–Crippen LogP) is 2.35. The molecule has 1 aromatic heterocycles. The zero-order chi connectivity index (χ0) is 34.0. The van der Waals surface area contributed by atoms with Gasteiger partial charge in [0.05, 0.1) is 18.2 Å². The molecular formula is C27H45N3O11SSi2. The maximum Gasteiger partial charge on any atom is 0.396 e. The molecule has 1 N–H and O–H groups in total. The van der Waals surface area contributed by atoms with E-state index in [1.165, 1.54) is 20.2 Å². The molecule has 248 valence electrons. The number of methoxy groups -OCH3 is 1. The third-order valence-electron chi connectivity index (χ3n) is 9.04. The third kappa shape index (κ3) is 6.32. The lowest BCUT2D eigenvalue weighted by molar-refractivity contribution is -0.155. The molecule has 1 fully saturated rings. The van der Waals surface area contributed by atoms with E-state index in [4.69, 9.17) is 17.8 Å². The van der Waals surface area contributed by atoms with Crippen LogP contribution in [0, 0.1) is 6.92 Å². The van der Waals surface area contributed by atoms with Crippen molar-refractivity contribution in [1.29, 1.82) is 0 Å². The number of aryl methyl sites for hydroxylation is 1. The summed E-state index contributed by atoms with van der Waals surface area (Å²) in [6.45, 7) is 20.9. The number of ether oxygens (including phenoxy) is 2. The number of esters is 1. The predicted molar refractivity (Wildman–Crippen MR) is 166 cm³/mol. The van der Waals surface area contributed by atoms with Crippen molar-refractivity contribution in [3.05, 3.63) is 43.7 Å². The molecule has 17 heteroatoms. The van der Waals surface area contributed by atoms with Crippen molar-refractivity contribution >= 4 is 38.6 Å². The summed E-state index contributed by atoms with van der Waals surface area (Å²) in [6.07, 6.45) is -3.09. The SMILES string of the molecule is COC(=O)C(=O)NC1=CS(=O)(=O)O[C@@]12[C@@H](O[Si](C)(C)C(C)(C)C)O[C@@H](n1cc(C)c(=O)n(C)c1=O)[C@@H]2O[Si](C)(C)C(C)(C)C. The van der Waals surface area contributed by atoms with E-state index in [2.05, 4.69) is 10.1 Å². The molecule has 3 heterocycles. The molecule has 44 heavy (non-hydrogen) atoms. The zero-order valence-electron chi connectivity index (χ0n) is 27.7. The van der Waals surface area contributed by atoms with Gasteiger partial charge in [-0.05, 0) is 43.2 Å². The first-order valence-corrected chi connectivity index (χ1v) is 21.4. The minimum absolute atomic E-state index is 0.208. The molecule has 0 aromatic carbocycles. The Balaban J connectivity index is 2.44. The van der Waals surface area contributed by atoms with Crippen LogP contribution in [0.4, 0.5) is 0 Å². The molecule has 0 bridgehead atoms. The van der Waals surface area contributed by atoms with Crippen LogP contribution in [0.2, 0.25) is 36.3 Å². The van der Waals surface area contributed by atoms with Crippen molar-refractivity contribution < 1.29 is 40.5 Å². The molecule has 0 aliphatic carbocycles. The van der Waals surface area contributed by atoms with Gasteiger partial charge in [-0.15, -0.1) is 0 Å². The molecule has 1 saturated heterocycles. The Kier molecular flexibility index (Phi) is 9.37. The van der Waals surface area contributed by atoms with Gasteiger partial charge in [0.2, 0.25) is 5.60 Å². The minimum Gasteiger partial charge on any atom is -0.462 e. The van der Waals surface area contributed by atoms with Crippen LogP contribution in [0.3, 0.4) is 0 Å². The Bertz CT molecular complexity index is 1600. The molecule has 2 aliphatic heterocycles. The summed E-state index contributed by atoms with van der Waals surface area (Å²) in [5, 5.41) is 2.17. The van der Waals surface area contributed by atoms with Crippen molar-refractivity contribution in [1.82, 2.24) is 14.5 Å². The van der Waals surface area contributed by atoms with Crippen LogP contribution in [0.1, 0.15) is 53.3 Å². The summed E-state index contributed by atoms with van der Waals surface area (Å²) in [6, 6.07) is 0. The van der Waals surface area contributed by atoms with Crippen LogP contribution in [-0.2, 0) is 49.3 Å².